The van der Waals surface area contributed by atoms with Crippen molar-refractivity contribution in [1.82, 2.24) is 0 Å². The van der Waals surface area contributed by atoms with Gasteiger partial charge in [-0.3, -0.25) is 14.9 Å². The number of allylic oxidation sites excluding steroid dienone is 5. The summed E-state index contributed by atoms with van der Waals surface area (Å²) in [6, 6.07) is 14.3. The summed E-state index contributed by atoms with van der Waals surface area (Å²) in [5.41, 5.74) is 2.03. The highest BCUT2D eigenvalue weighted by atomic mass is 32.1. The van der Waals surface area contributed by atoms with E-state index in [0.717, 1.165) is 21.2 Å². The number of thiophene rings is 1. The van der Waals surface area contributed by atoms with Crippen LogP contribution in [0, 0.1) is 20.9 Å². The van der Waals surface area contributed by atoms with Crippen LogP contribution in [-0.2, 0) is 4.79 Å². The van der Waals surface area contributed by atoms with Gasteiger partial charge in [0.15, 0.2) is 11.5 Å². The Bertz CT molecular complexity index is 1460. The number of azo groups is 1. The van der Waals surface area contributed by atoms with Gasteiger partial charge >= 0.3 is 0 Å². The summed E-state index contributed by atoms with van der Waals surface area (Å²) in [7, 11) is 0. The summed E-state index contributed by atoms with van der Waals surface area (Å²) in [5.74, 6) is 0.0322. The van der Waals surface area contributed by atoms with E-state index in [1.807, 2.05) is 78.0 Å². The second-order valence-corrected chi connectivity index (χ2v) is 11.7. The van der Waals surface area contributed by atoms with E-state index in [1.165, 1.54) is 17.4 Å². The average Bonchev–Trinajstić information content (AvgIpc) is 3.22. The van der Waals surface area contributed by atoms with Crippen molar-refractivity contribution < 1.29 is 9.72 Å². The van der Waals surface area contributed by atoms with E-state index in [9.17, 15) is 14.9 Å². The summed E-state index contributed by atoms with van der Waals surface area (Å²) in [5, 5.41) is 24.7. The molecule has 0 spiro atoms. The lowest BCUT2D eigenvalue weighted by atomic mass is 9.71. The first-order valence-corrected chi connectivity index (χ1v) is 12.6. The first-order valence-electron chi connectivity index (χ1n) is 11.7. The highest BCUT2D eigenvalue weighted by Gasteiger charge is 2.35. The minimum atomic E-state index is -0.462. The summed E-state index contributed by atoms with van der Waals surface area (Å²) in [6.07, 6.45) is 3.81. The van der Waals surface area contributed by atoms with Crippen LogP contribution in [0.25, 0.3) is 16.5 Å². The third kappa shape index (κ3) is 4.97. The van der Waals surface area contributed by atoms with E-state index >= 15 is 0 Å². The number of carbonyl (C=O) groups is 1. The Balaban J connectivity index is 2.04. The van der Waals surface area contributed by atoms with Crippen LogP contribution in [0.3, 0.4) is 0 Å². The van der Waals surface area contributed by atoms with Gasteiger partial charge < -0.3 is 0 Å². The molecule has 0 saturated heterocycles. The summed E-state index contributed by atoms with van der Waals surface area (Å²) in [6.45, 7) is 12.1. The Labute approximate surface area is 214 Å². The number of nitro groups is 1. The molecule has 1 aromatic heterocycles. The Kier molecular flexibility index (Phi) is 6.62. The molecular formula is C29H29N3O3S. The predicted molar refractivity (Wildman–Crippen MR) is 146 cm³/mol. The number of Topliss-reactive ketones (excluding diaryl/α,β-unsaturated/α-hetero) is 1. The number of carbonyl (C=O) groups excluding carboxylic acids is 1. The van der Waals surface area contributed by atoms with Crippen LogP contribution < -0.4 is 0 Å². The molecule has 0 bridgehead atoms. The molecule has 0 aliphatic heterocycles. The van der Waals surface area contributed by atoms with Crippen LogP contribution in [0.4, 0.5) is 11.4 Å². The monoisotopic (exact) mass is 499 g/mol. The van der Waals surface area contributed by atoms with Gasteiger partial charge in [0.25, 0.3) is 5.69 Å². The molecule has 0 amide bonds. The lowest BCUT2D eigenvalue weighted by molar-refractivity contribution is -0.384. The van der Waals surface area contributed by atoms with E-state index in [1.54, 1.807) is 18.2 Å². The molecular weight excluding hydrogens is 470 g/mol. The molecule has 3 aromatic rings. The molecule has 4 rings (SSSR count). The molecule has 2 aromatic carbocycles. The quantitative estimate of drug-likeness (QED) is 0.204. The predicted octanol–water partition coefficient (Wildman–Crippen LogP) is 8.83. The number of nitro benzene ring substituents is 1. The van der Waals surface area contributed by atoms with Crippen molar-refractivity contribution in [2.24, 2.45) is 21.1 Å². The van der Waals surface area contributed by atoms with E-state index < -0.39 is 4.92 Å². The minimum absolute atomic E-state index is 0.0322. The van der Waals surface area contributed by atoms with E-state index in [0.29, 0.717) is 16.8 Å². The van der Waals surface area contributed by atoms with Crippen molar-refractivity contribution in [3.05, 3.63) is 97.8 Å². The lowest BCUT2D eigenvalue weighted by Gasteiger charge is -2.31. The van der Waals surface area contributed by atoms with Crippen molar-refractivity contribution in [1.29, 1.82) is 0 Å². The van der Waals surface area contributed by atoms with Crippen LogP contribution in [0.15, 0.2) is 93.0 Å². The van der Waals surface area contributed by atoms with Crippen molar-refractivity contribution in [2.45, 2.75) is 41.5 Å². The number of ketones is 1. The first kappa shape index (κ1) is 25.4. The number of rotatable bonds is 4. The molecule has 0 fully saturated rings. The van der Waals surface area contributed by atoms with Crippen molar-refractivity contribution in [2.75, 3.05) is 0 Å². The van der Waals surface area contributed by atoms with Gasteiger partial charge in [-0.1, -0.05) is 77.9 Å². The van der Waals surface area contributed by atoms with Crippen LogP contribution in [0.5, 0.6) is 0 Å². The maximum atomic E-state index is 13.5. The molecule has 36 heavy (non-hydrogen) atoms. The van der Waals surface area contributed by atoms with Crippen molar-refractivity contribution in [3.63, 3.8) is 0 Å². The Morgan fingerprint density at radius 3 is 2.08 bits per heavy atom. The van der Waals surface area contributed by atoms with Gasteiger partial charge in [0.05, 0.1) is 9.80 Å². The SMILES string of the molecule is CC(C)(C)C1=CC(=C(N=Nc2ccccc2[N+](=O)[O-])c2scc3ccccc23)C=C(C(C)(C)C)C1=O. The lowest BCUT2D eigenvalue weighted by Crippen LogP contribution is -2.28. The minimum Gasteiger partial charge on any atom is -0.289 e. The molecule has 1 aliphatic carbocycles. The van der Waals surface area contributed by atoms with Gasteiger partial charge in [0.1, 0.15) is 5.70 Å². The zero-order chi connectivity index (χ0) is 26.3. The zero-order valence-electron chi connectivity index (χ0n) is 21.3. The largest absolute Gasteiger partial charge is 0.296 e. The molecule has 6 nitrogen and oxygen atoms in total. The Morgan fingerprint density at radius 2 is 1.47 bits per heavy atom. The van der Waals surface area contributed by atoms with Gasteiger partial charge in [0.2, 0.25) is 0 Å². The van der Waals surface area contributed by atoms with E-state index in [-0.39, 0.29) is 28.0 Å². The maximum absolute atomic E-state index is 13.5. The smallest absolute Gasteiger partial charge is 0.289 e. The fraction of sp³-hybridized carbons (Fsp3) is 0.276. The third-order valence-electron chi connectivity index (χ3n) is 6.04. The van der Waals surface area contributed by atoms with Gasteiger partial charge in [-0.05, 0) is 39.8 Å². The van der Waals surface area contributed by atoms with Gasteiger partial charge in [-0.2, -0.15) is 0 Å². The molecule has 0 unspecified atom stereocenters. The van der Waals surface area contributed by atoms with Gasteiger partial charge in [-0.15, -0.1) is 21.6 Å². The number of hydrogen-bond donors (Lipinski definition) is 0. The van der Waals surface area contributed by atoms with Crippen LogP contribution in [0.2, 0.25) is 0 Å². The van der Waals surface area contributed by atoms with Crippen LogP contribution >= 0.6 is 11.3 Å². The fourth-order valence-electron chi connectivity index (χ4n) is 4.10. The number of para-hydroxylation sites is 1. The first-order chi connectivity index (χ1) is 16.9. The molecule has 0 atom stereocenters. The number of hydrogen-bond acceptors (Lipinski definition) is 6. The number of benzene rings is 2. The third-order valence-corrected chi connectivity index (χ3v) is 7.06. The normalized spacial score (nSPS) is 14.8. The molecule has 0 radical (unpaired) electrons. The van der Waals surface area contributed by atoms with Gasteiger partial charge in [-0.25, -0.2) is 0 Å². The summed E-state index contributed by atoms with van der Waals surface area (Å²) >= 11 is 1.54. The van der Waals surface area contributed by atoms with Crippen LogP contribution in [0.1, 0.15) is 46.4 Å². The van der Waals surface area contributed by atoms with E-state index in [4.69, 9.17) is 0 Å². The molecule has 0 N–H and O–H groups in total. The average molecular weight is 500 g/mol. The Hall–Kier alpha value is -3.71. The maximum Gasteiger partial charge on any atom is 0.296 e. The highest BCUT2D eigenvalue weighted by molar-refractivity contribution is 7.12. The second-order valence-electron chi connectivity index (χ2n) is 10.8. The molecule has 184 valence electrons. The molecule has 1 heterocycles. The highest BCUT2D eigenvalue weighted by Crippen LogP contribution is 2.43. The summed E-state index contributed by atoms with van der Waals surface area (Å²) < 4.78 is 0. The number of nitrogens with zero attached hydrogens (tertiary/aromatic N) is 3. The molecule has 1 aliphatic rings. The Morgan fingerprint density at radius 1 is 0.889 bits per heavy atom. The van der Waals surface area contributed by atoms with Crippen LogP contribution in [-0.4, -0.2) is 10.7 Å². The second kappa shape index (κ2) is 9.39. The molecule has 7 heteroatoms. The molecule has 0 saturated carbocycles. The van der Waals surface area contributed by atoms with Crippen molar-refractivity contribution >= 4 is 45.0 Å². The van der Waals surface area contributed by atoms with Gasteiger partial charge in [0, 0.05) is 28.2 Å². The zero-order valence-corrected chi connectivity index (χ0v) is 22.1. The topological polar surface area (TPSA) is 84.9 Å². The summed E-state index contributed by atoms with van der Waals surface area (Å²) in [4.78, 5) is 25.5. The fourth-order valence-corrected chi connectivity index (χ4v) is 5.13. The van der Waals surface area contributed by atoms with E-state index in [2.05, 4.69) is 15.6 Å². The standard InChI is InChI=1S/C29H29N3O3S/c1-28(2,3)21-15-19(16-22(26(21)33)29(4,5)6)25(27-20-12-8-7-11-18(20)17-36-27)31-30-23-13-9-10-14-24(23)32(34)35/h7-17H,1-6H3. The number of fused-ring (bicyclic) bond motifs is 1. The van der Waals surface area contributed by atoms with Crippen molar-refractivity contribution in [3.8, 4) is 0 Å².